The first-order valence-corrected chi connectivity index (χ1v) is 13.8. The lowest BCUT2D eigenvalue weighted by Crippen LogP contribution is -2.69. The molecular weight excluding hydrogens is 528 g/mol. The van der Waals surface area contributed by atoms with Gasteiger partial charge in [0, 0.05) is 24.5 Å². The summed E-state index contributed by atoms with van der Waals surface area (Å²) < 4.78 is 18.0. The summed E-state index contributed by atoms with van der Waals surface area (Å²) >= 11 is 0. The third-order valence-electron chi connectivity index (χ3n) is 7.95. The van der Waals surface area contributed by atoms with Gasteiger partial charge in [0.25, 0.3) is 0 Å². The second-order valence-corrected chi connectivity index (χ2v) is 11.1. The van der Waals surface area contributed by atoms with Gasteiger partial charge in [-0.3, -0.25) is 4.79 Å². The number of rotatable bonds is 12. The largest absolute Gasteiger partial charge is 0.492 e. The van der Waals surface area contributed by atoms with Crippen molar-refractivity contribution in [3.8, 4) is 0 Å². The molecule has 0 spiro atoms. The maximum Gasteiger partial charge on any atom is 0.249 e. The summed E-state index contributed by atoms with van der Waals surface area (Å²) in [6.07, 6.45) is -4.64. The minimum absolute atomic E-state index is 0.0343. The minimum atomic E-state index is -1.39. The van der Waals surface area contributed by atoms with E-state index in [1.807, 2.05) is 6.08 Å². The maximum atomic E-state index is 12.7. The number of hydrogen-bond donors (Lipinski definition) is 11. The van der Waals surface area contributed by atoms with Crippen LogP contribution >= 0.6 is 0 Å². The van der Waals surface area contributed by atoms with Crippen molar-refractivity contribution in [3.05, 3.63) is 11.8 Å². The molecule has 2 aliphatic heterocycles. The van der Waals surface area contributed by atoms with Gasteiger partial charge in [-0.05, 0) is 45.9 Å². The molecule has 2 fully saturated rings. The molecule has 15 nitrogen and oxygen atoms in total. The van der Waals surface area contributed by atoms with E-state index in [1.165, 1.54) is 6.92 Å². The van der Waals surface area contributed by atoms with E-state index >= 15 is 0 Å². The van der Waals surface area contributed by atoms with Crippen molar-refractivity contribution in [1.29, 1.82) is 0 Å². The Bertz CT molecular complexity index is 852. The van der Waals surface area contributed by atoms with Gasteiger partial charge in [-0.1, -0.05) is 0 Å². The summed E-state index contributed by atoms with van der Waals surface area (Å²) in [6.45, 7) is 2.14. The van der Waals surface area contributed by atoms with E-state index < -0.39 is 78.4 Å². The van der Waals surface area contributed by atoms with Crippen molar-refractivity contribution >= 4 is 5.91 Å². The average molecular weight is 577 g/mol. The van der Waals surface area contributed by atoms with E-state index in [0.717, 1.165) is 0 Å². The van der Waals surface area contributed by atoms with Crippen LogP contribution in [0.25, 0.3) is 0 Å². The molecule has 0 aromatic carbocycles. The highest BCUT2D eigenvalue weighted by atomic mass is 16.7. The molecule has 40 heavy (non-hydrogen) atoms. The second kappa shape index (κ2) is 14.6. The average Bonchev–Trinajstić information content (AvgIpc) is 2.89. The van der Waals surface area contributed by atoms with Crippen LogP contribution in [0, 0.1) is 5.92 Å². The van der Waals surface area contributed by atoms with Crippen molar-refractivity contribution in [2.45, 2.75) is 92.8 Å². The van der Waals surface area contributed by atoms with E-state index in [4.69, 9.17) is 36.5 Å². The van der Waals surface area contributed by atoms with E-state index in [1.54, 1.807) is 7.05 Å². The SMILES string of the molecule is CN[C@@H]1[C@@H](O)[C@@H](O[C@@H]2[C@@H](O)[C@H](C3OC(CNCCO)=CC[C@H]3N)[C@@H](N)C[C@H]2NC(=O)[C@H](O)CCN)OC[C@]1(C)O. The number of nitrogens with two attached hydrogens (primary N) is 3. The Labute approximate surface area is 234 Å². The lowest BCUT2D eigenvalue weighted by atomic mass is 9.72. The number of carbonyl (C=O) groups is 1. The van der Waals surface area contributed by atoms with Crippen LogP contribution in [0.4, 0.5) is 0 Å². The van der Waals surface area contributed by atoms with Crippen LogP contribution in [0.2, 0.25) is 0 Å². The second-order valence-electron chi connectivity index (χ2n) is 11.1. The monoisotopic (exact) mass is 576 g/mol. The van der Waals surface area contributed by atoms with Crippen molar-refractivity contribution in [1.82, 2.24) is 16.0 Å². The van der Waals surface area contributed by atoms with Crippen LogP contribution in [0.1, 0.15) is 26.2 Å². The molecule has 0 bridgehead atoms. The summed E-state index contributed by atoms with van der Waals surface area (Å²) in [5.41, 5.74) is 17.1. The highest BCUT2D eigenvalue weighted by molar-refractivity contribution is 5.80. The molecule has 0 aromatic rings. The summed E-state index contributed by atoms with van der Waals surface area (Å²) in [4.78, 5) is 12.7. The van der Waals surface area contributed by atoms with Gasteiger partial charge in [0.1, 0.15) is 35.8 Å². The van der Waals surface area contributed by atoms with Crippen LogP contribution in [0.15, 0.2) is 11.8 Å². The molecule has 1 aliphatic carbocycles. The number of nitrogens with one attached hydrogen (secondary N) is 3. The van der Waals surface area contributed by atoms with Gasteiger partial charge in [-0.15, -0.1) is 0 Å². The fraction of sp³-hybridized carbons (Fsp3) is 0.880. The van der Waals surface area contributed by atoms with Crippen LogP contribution in [-0.2, 0) is 19.0 Å². The van der Waals surface area contributed by atoms with Gasteiger partial charge < -0.3 is 72.9 Å². The zero-order chi connectivity index (χ0) is 29.6. The van der Waals surface area contributed by atoms with Gasteiger partial charge in [-0.25, -0.2) is 0 Å². The number of hydrogen-bond acceptors (Lipinski definition) is 14. The van der Waals surface area contributed by atoms with Gasteiger partial charge in [-0.2, -0.15) is 0 Å². The quantitative estimate of drug-likeness (QED) is 0.0972. The normalized spacial score (nSPS) is 41.1. The third-order valence-corrected chi connectivity index (χ3v) is 7.95. The first-order chi connectivity index (χ1) is 18.9. The number of aliphatic hydroxyl groups is 5. The molecule has 3 rings (SSSR count). The first kappa shape index (κ1) is 33.0. The van der Waals surface area contributed by atoms with Crippen LogP contribution in [-0.4, -0.2) is 138 Å². The standard InChI is InChI=1S/C25H48N6O9/c1-25(37)11-38-24(19(35)22(25)29-2)40-21-15(31-23(36)16(33)5-6-26)9-14(28)17(18(21)34)20-13(27)4-3-12(39-20)10-30-7-8-32/h3,13-22,24,29-30,32-35,37H,4-11,26-28H2,1-2H3,(H,31,36)/t13-,14+,15-,16-,17-,18+,19-,20?,21+,22-,24-,25+/m1/s1. The molecular formula is C25H48N6O9. The number of amides is 1. The molecule has 15 heteroatoms. The lowest BCUT2D eigenvalue weighted by molar-refractivity contribution is -0.297. The van der Waals surface area contributed by atoms with Crippen molar-refractivity contribution in [2.24, 2.45) is 23.1 Å². The Morgan fingerprint density at radius 1 is 1.27 bits per heavy atom. The Kier molecular flexibility index (Phi) is 12.1. The van der Waals surface area contributed by atoms with Crippen LogP contribution in [0.5, 0.6) is 0 Å². The zero-order valence-electron chi connectivity index (χ0n) is 23.2. The zero-order valence-corrected chi connectivity index (χ0v) is 23.2. The molecule has 0 aromatic heterocycles. The number of likely N-dealkylation sites (N-methyl/N-ethyl adjacent to an activating group) is 1. The molecule has 3 aliphatic rings. The number of aliphatic hydroxyl groups excluding tert-OH is 4. The molecule has 14 N–H and O–H groups in total. The highest BCUT2D eigenvalue weighted by Gasteiger charge is 2.53. The van der Waals surface area contributed by atoms with Crippen molar-refractivity contribution in [3.63, 3.8) is 0 Å². The molecule has 1 amide bonds. The van der Waals surface area contributed by atoms with Crippen molar-refractivity contribution < 1.29 is 44.5 Å². The summed E-state index contributed by atoms with van der Waals surface area (Å²) in [6, 6.07) is -2.85. The van der Waals surface area contributed by atoms with E-state index in [9.17, 15) is 25.2 Å². The molecule has 1 saturated carbocycles. The minimum Gasteiger partial charge on any atom is -0.492 e. The molecule has 1 unspecified atom stereocenters. The predicted molar refractivity (Wildman–Crippen MR) is 143 cm³/mol. The Hall–Kier alpha value is -1.47. The number of carbonyl (C=O) groups excluding carboxylic acids is 1. The molecule has 12 atom stereocenters. The Morgan fingerprint density at radius 3 is 2.65 bits per heavy atom. The first-order valence-electron chi connectivity index (χ1n) is 13.8. The summed E-state index contributed by atoms with van der Waals surface area (Å²) in [5, 5.41) is 61.1. The highest BCUT2D eigenvalue weighted by Crippen LogP contribution is 2.36. The fourth-order valence-corrected chi connectivity index (χ4v) is 5.82. The van der Waals surface area contributed by atoms with Crippen LogP contribution < -0.4 is 33.2 Å². The summed E-state index contributed by atoms with van der Waals surface area (Å²) in [5.74, 6) is -0.830. The topological polar surface area (TPSA) is 260 Å². The third kappa shape index (κ3) is 7.67. The number of ether oxygens (including phenoxy) is 3. The smallest absolute Gasteiger partial charge is 0.249 e. The fourth-order valence-electron chi connectivity index (χ4n) is 5.82. The molecule has 232 valence electrons. The Morgan fingerprint density at radius 2 is 2.00 bits per heavy atom. The van der Waals surface area contributed by atoms with Crippen molar-refractivity contribution in [2.75, 3.05) is 39.9 Å². The summed E-state index contributed by atoms with van der Waals surface area (Å²) in [7, 11) is 1.58. The Balaban J connectivity index is 1.85. The maximum absolute atomic E-state index is 12.7. The molecule has 1 saturated heterocycles. The van der Waals surface area contributed by atoms with Gasteiger partial charge in [0.2, 0.25) is 5.91 Å². The van der Waals surface area contributed by atoms with Crippen LogP contribution in [0.3, 0.4) is 0 Å². The predicted octanol–water partition coefficient (Wildman–Crippen LogP) is -5.09. The van der Waals surface area contributed by atoms with Gasteiger partial charge in [0.15, 0.2) is 6.29 Å². The molecule has 2 heterocycles. The molecule has 0 radical (unpaired) electrons. The van der Waals surface area contributed by atoms with E-state index in [-0.39, 0.29) is 32.6 Å². The van der Waals surface area contributed by atoms with Gasteiger partial charge in [0.05, 0.1) is 37.9 Å². The van der Waals surface area contributed by atoms with E-state index in [0.29, 0.717) is 25.3 Å². The van der Waals surface area contributed by atoms with E-state index in [2.05, 4.69) is 16.0 Å². The lowest BCUT2D eigenvalue weighted by Gasteiger charge is -2.50. The van der Waals surface area contributed by atoms with Gasteiger partial charge >= 0.3 is 0 Å².